The van der Waals surface area contributed by atoms with Crippen LogP contribution in [-0.2, 0) is 0 Å². The Morgan fingerprint density at radius 2 is 1.38 bits per heavy atom. The van der Waals surface area contributed by atoms with E-state index in [9.17, 15) is 0 Å². The number of nitrogens with two attached hydrogens (primary N) is 1. The molecular formula is C19H13BrN4. The number of hydrogen-bond acceptors (Lipinski definition) is 4. The Hall–Kier alpha value is -2.79. The van der Waals surface area contributed by atoms with Crippen molar-refractivity contribution in [2.75, 3.05) is 5.73 Å². The Morgan fingerprint density at radius 3 is 2.04 bits per heavy atom. The lowest BCUT2D eigenvalue weighted by atomic mass is 10.00. The van der Waals surface area contributed by atoms with Crippen molar-refractivity contribution in [1.29, 1.82) is 0 Å². The van der Waals surface area contributed by atoms with Crippen molar-refractivity contribution in [1.82, 2.24) is 15.0 Å². The fourth-order valence-electron chi connectivity index (χ4n) is 2.73. The second-order valence-electron chi connectivity index (χ2n) is 5.36. The fraction of sp³-hybridized carbons (Fsp3) is 0. The third-order valence-corrected chi connectivity index (χ3v) is 4.18. The molecule has 0 aliphatic carbocycles. The molecule has 0 amide bonds. The molecule has 0 saturated heterocycles. The highest BCUT2D eigenvalue weighted by Gasteiger charge is 2.14. The zero-order valence-electron chi connectivity index (χ0n) is 12.6. The van der Waals surface area contributed by atoms with Crippen LogP contribution in [-0.4, -0.2) is 15.0 Å². The van der Waals surface area contributed by atoms with Gasteiger partial charge in [0.05, 0.1) is 11.1 Å². The van der Waals surface area contributed by atoms with E-state index < -0.39 is 0 Å². The molecule has 2 heterocycles. The molecule has 4 aromatic rings. The molecule has 0 aliphatic heterocycles. The van der Waals surface area contributed by atoms with Gasteiger partial charge in [0.2, 0.25) is 4.73 Å². The molecule has 2 aromatic carbocycles. The molecule has 0 fully saturated rings. The predicted octanol–water partition coefficient (Wildman–Crippen LogP) is 4.70. The smallest absolute Gasteiger partial charge is 0.200 e. The lowest BCUT2D eigenvalue weighted by molar-refractivity contribution is 1.14. The number of hydrogen-bond donors (Lipinski definition) is 1. The van der Waals surface area contributed by atoms with Crippen molar-refractivity contribution in [3.63, 3.8) is 0 Å². The topological polar surface area (TPSA) is 64.7 Å². The van der Waals surface area contributed by atoms with Crippen LogP contribution in [0.25, 0.3) is 33.4 Å². The number of rotatable bonds is 2. The highest BCUT2D eigenvalue weighted by atomic mass is 79.9. The van der Waals surface area contributed by atoms with Gasteiger partial charge in [-0.25, -0.2) is 15.0 Å². The molecule has 0 radical (unpaired) electrons. The second kappa shape index (κ2) is 6.02. The van der Waals surface area contributed by atoms with E-state index in [1.54, 1.807) is 0 Å². The number of nitrogen functional groups attached to an aromatic ring is 1. The average Bonchev–Trinajstić information content (AvgIpc) is 2.62. The van der Waals surface area contributed by atoms with Gasteiger partial charge in [-0.3, -0.25) is 0 Å². The zero-order valence-corrected chi connectivity index (χ0v) is 14.2. The minimum atomic E-state index is 0.415. The van der Waals surface area contributed by atoms with Gasteiger partial charge in [0.1, 0.15) is 5.82 Å². The van der Waals surface area contributed by atoms with Crippen LogP contribution in [0.5, 0.6) is 0 Å². The van der Waals surface area contributed by atoms with Gasteiger partial charge in [-0.1, -0.05) is 60.7 Å². The first-order valence-corrected chi connectivity index (χ1v) is 8.26. The summed E-state index contributed by atoms with van der Waals surface area (Å²) in [4.78, 5) is 13.3. The van der Waals surface area contributed by atoms with Gasteiger partial charge in [0.15, 0.2) is 5.65 Å². The van der Waals surface area contributed by atoms with E-state index in [1.165, 1.54) is 0 Å². The van der Waals surface area contributed by atoms with Crippen LogP contribution in [0.15, 0.2) is 71.5 Å². The van der Waals surface area contributed by atoms with Crippen molar-refractivity contribution < 1.29 is 0 Å². The number of nitrogens with zero attached hydrogens (tertiary/aromatic N) is 3. The van der Waals surface area contributed by atoms with Crippen LogP contribution in [0.1, 0.15) is 0 Å². The number of anilines is 1. The summed E-state index contributed by atoms with van der Waals surface area (Å²) < 4.78 is 0.434. The van der Waals surface area contributed by atoms with E-state index in [-0.39, 0.29) is 0 Å². The Bertz CT molecular complexity index is 1020. The van der Waals surface area contributed by atoms with Crippen LogP contribution >= 0.6 is 15.9 Å². The first-order chi connectivity index (χ1) is 11.7. The van der Waals surface area contributed by atoms with E-state index in [1.807, 2.05) is 66.7 Å². The minimum absolute atomic E-state index is 0.415. The first kappa shape index (κ1) is 14.8. The van der Waals surface area contributed by atoms with E-state index in [4.69, 9.17) is 10.7 Å². The Kier molecular flexibility index (Phi) is 3.70. The maximum atomic E-state index is 6.16. The molecule has 0 unspecified atom stereocenters. The maximum Gasteiger partial charge on any atom is 0.200 e. The van der Waals surface area contributed by atoms with Crippen molar-refractivity contribution >= 4 is 32.8 Å². The van der Waals surface area contributed by atoms with Crippen molar-refractivity contribution in [2.45, 2.75) is 0 Å². The summed E-state index contributed by atoms with van der Waals surface area (Å²) in [5, 5.41) is 0.768. The van der Waals surface area contributed by atoms with Crippen LogP contribution in [0, 0.1) is 0 Å². The quantitative estimate of drug-likeness (QED) is 0.514. The summed E-state index contributed by atoms with van der Waals surface area (Å²) >= 11 is 3.30. The monoisotopic (exact) mass is 376 g/mol. The van der Waals surface area contributed by atoms with E-state index >= 15 is 0 Å². The Morgan fingerprint density at radius 1 is 0.750 bits per heavy atom. The molecule has 2 aromatic heterocycles. The minimum Gasteiger partial charge on any atom is -0.383 e. The summed E-state index contributed by atoms with van der Waals surface area (Å²) in [5.74, 6) is 0.415. The Labute approximate surface area is 147 Å². The summed E-state index contributed by atoms with van der Waals surface area (Å²) in [7, 11) is 0. The maximum absolute atomic E-state index is 6.16. The molecule has 0 bridgehead atoms. The molecule has 116 valence electrons. The van der Waals surface area contributed by atoms with Crippen LogP contribution < -0.4 is 5.73 Å². The molecule has 4 nitrogen and oxygen atoms in total. The van der Waals surface area contributed by atoms with Gasteiger partial charge >= 0.3 is 0 Å². The summed E-state index contributed by atoms with van der Waals surface area (Å²) in [6.45, 7) is 0. The summed E-state index contributed by atoms with van der Waals surface area (Å²) in [6.07, 6.45) is 0. The van der Waals surface area contributed by atoms with Gasteiger partial charge in [-0.2, -0.15) is 0 Å². The number of fused-ring (bicyclic) bond motifs is 1. The third-order valence-electron chi connectivity index (χ3n) is 3.82. The third kappa shape index (κ3) is 2.63. The highest BCUT2D eigenvalue weighted by molar-refractivity contribution is 9.10. The molecule has 4 rings (SSSR count). The van der Waals surface area contributed by atoms with Gasteiger partial charge in [0.25, 0.3) is 0 Å². The second-order valence-corrected chi connectivity index (χ2v) is 6.07. The van der Waals surface area contributed by atoms with Gasteiger partial charge in [-0.15, -0.1) is 0 Å². The van der Waals surface area contributed by atoms with E-state index in [2.05, 4.69) is 25.9 Å². The summed E-state index contributed by atoms with van der Waals surface area (Å²) in [6, 6.07) is 22.2. The zero-order chi connectivity index (χ0) is 16.5. The largest absolute Gasteiger partial charge is 0.383 e. The van der Waals surface area contributed by atoms with Gasteiger partial charge in [0, 0.05) is 5.56 Å². The van der Waals surface area contributed by atoms with Gasteiger partial charge < -0.3 is 5.73 Å². The van der Waals surface area contributed by atoms with Crippen molar-refractivity contribution in [3.05, 3.63) is 71.5 Å². The molecular weight excluding hydrogens is 364 g/mol. The van der Waals surface area contributed by atoms with Crippen LogP contribution in [0.2, 0.25) is 0 Å². The lowest BCUT2D eigenvalue weighted by Crippen LogP contribution is -2.00. The molecule has 0 aliphatic rings. The first-order valence-electron chi connectivity index (χ1n) is 7.47. The standard InChI is InChI=1S/C19H13BrN4/c20-19-23-17(21)16-14(12-7-3-1-4-8-12)11-15(22-18(16)24-19)13-9-5-2-6-10-13/h1-11H,(H2,21,22,23,24). The van der Waals surface area contributed by atoms with E-state index in [0.717, 1.165) is 27.8 Å². The normalized spacial score (nSPS) is 10.9. The fourth-order valence-corrected chi connectivity index (χ4v) is 3.09. The van der Waals surface area contributed by atoms with Crippen molar-refractivity contribution in [2.24, 2.45) is 0 Å². The molecule has 2 N–H and O–H groups in total. The number of halogens is 1. The van der Waals surface area contributed by atoms with Crippen molar-refractivity contribution in [3.8, 4) is 22.4 Å². The molecule has 0 spiro atoms. The number of aromatic nitrogens is 3. The lowest BCUT2D eigenvalue weighted by Gasteiger charge is -2.11. The molecule has 0 atom stereocenters. The summed E-state index contributed by atoms with van der Waals surface area (Å²) in [5.41, 5.74) is 10.7. The molecule has 24 heavy (non-hydrogen) atoms. The highest BCUT2D eigenvalue weighted by Crippen LogP contribution is 2.34. The van der Waals surface area contributed by atoms with Gasteiger partial charge in [-0.05, 0) is 33.1 Å². The number of pyridine rings is 1. The average molecular weight is 377 g/mol. The number of benzene rings is 2. The van der Waals surface area contributed by atoms with Crippen LogP contribution in [0.4, 0.5) is 5.82 Å². The molecule has 0 saturated carbocycles. The van der Waals surface area contributed by atoms with E-state index in [0.29, 0.717) is 16.2 Å². The SMILES string of the molecule is Nc1nc(Br)nc2nc(-c3ccccc3)cc(-c3ccccc3)c12. The molecule has 5 heteroatoms. The Balaban J connectivity index is 2.08. The van der Waals surface area contributed by atoms with Crippen LogP contribution in [0.3, 0.4) is 0 Å². The predicted molar refractivity (Wildman–Crippen MR) is 100 cm³/mol.